The predicted molar refractivity (Wildman–Crippen MR) is 65.1 cm³/mol. The minimum Gasteiger partial charge on any atom is -0.314 e. The summed E-state index contributed by atoms with van der Waals surface area (Å²) < 4.78 is 0. The summed E-state index contributed by atoms with van der Waals surface area (Å²) in [5.74, 6) is 0. The topological polar surface area (TPSA) is 15.3 Å². The molecule has 2 heteroatoms. The quantitative estimate of drug-likeness (QED) is 0.715. The maximum atomic E-state index is 3.58. The fourth-order valence-electron chi connectivity index (χ4n) is 3.02. The molecule has 1 atom stereocenters. The molecule has 2 fully saturated rings. The van der Waals surface area contributed by atoms with E-state index in [-0.39, 0.29) is 0 Å². The van der Waals surface area contributed by atoms with Gasteiger partial charge >= 0.3 is 0 Å². The van der Waals surface area contributed by atoms with Crippen LogP contribution in [0.15, 0.2) is 0 Å². The van der Waals surface area contributed by atoms with E-state index >= 15 is 0 Å². The third-order valence-corrected chi connectivity index (χ3v) is 4.06. The third-order valence-electron chi connectivity index (χ3n) is 4.06. The summed E-state index contributed by atoms with van der Waals surface area (Å²) in [5.41, 5.74) is 0. The van der Waals surface area contributed by atoms with Gasteiger partial charge in [0.25, 0.3) is 0 Å². The van der Waals surface area contributed by atoms with Crippen molar-refractivity contribution < 1.29 is 0 Å². The molecule has 1 heterocycles. The molecule has 2 aliphatic rings. The highest BCUT2D eigenvalue weighted by Gasteiger charge is 2.21. The predicted octanol–water partition coefficient (Wildman–Crippen LogP) is 2.39. The van der Waals surface area contributed by atoms with Crippen molar-refractivity contribution in [3.05, 3.63) is 0 Å². The zero-order valence-corrected chi connectivity index (χ0v) is 10.2. The lowest BCUT2D eigenvalue weighted by atomic mass is 9.93. The van der Waals surface area contributed by atoms with Crippen LogP contribution in [-0.4, -0.2) is 36.6 Å². The monoisotopic (exact) mass is 210 g/mol. The average molecular weight is 210 g/mol. The maximum absolute atomic E-state index is 3.58. The Morgan fingerprint density at radius 2 is 1.73 bits per heavy atom. The van der Waals surface area contributed by atoms with Crippen LogP contribution < -0.4 is 5.32 Å². The first-order valence-corrected chi connectivity index (χ1v) is 6.83. The van der Waals surface area contributed by atoms with Crippen molar-refractivity contribution in [1.29, 1.82) is 0 Å². The second kappa shape index (κ2) is 5.86. The Labute approximate surface area is 94.4 Å². The molecule has 1 saturated carbocycles. The molecular weight excluding hydrogens is 184 g/mol. The van der Waals surface area contributed by atoms with Crippen LogP contribution in [0.4, 0.5) is 0 Å². The van der Waals surface area contributed by atoms with Crippen molar-refractivity contribution in [2.45, 2.75) is 64.0 Å². The molecule has 0 aromatic rings. The first kappa shape index (κ1) is 11.4. The van der Waals surface area contributed by atoms with E-state index in [4.69, 9.17) is 0 Å². The van der Waals surface area contributed by atoms with Gasteiger partial charge in [0.2, 0.25) is 0 Å². The summed E-state index contributed by atoms with van der Waals surface area (Å²) in [6.45, 7) is 6.18. The fourth-order valence-corrected chi connectivity index (χ4v) is 3.02. The second-order valence-electron chi connectivity index (χ2n) is 5.33. The lowest BCUT2D eigenvalue weighted by Gasteiger charge is -2.36. The van der Waals surface area contributed by atoms with E-state index in [0.717, 1.165) is 12.1 Å². The first-order valence-electron chi connectivity index (χ1n) is 6.83. The highest BCUT2D eigenvalue weighted by molar-refractivity contribution is 4.78. The van der Waals surface area contributed by atoms with Gasteiger partial charge in [-0.3, -0.25) is 0 Å². The number of rotatable bonds is 1. The van der Waals surface area contributed by atoms with Gasteiger partial charge in [-0.15, -0.1) is 0 Å². The first-order chi connectivity index (χ1) is 7.36. The molecule has 0 amide bonds. The minimum atomic E-state index is 0.719. The van der Waals surface area contributed by atoms with Crippen LogP contribution in [0, 0.1) is 0 Å². The van der Waals surface area contributed by atoms with E-state index in [1.165, 1.54) is 64.6 Å². The molecule has 2 nitrogen and oxygen atoms in total. The summed E-state index contributed by atoms with van der Waals surface area (Å²) >= 11 is 0. The lowest BCUT2D eigenvalue weighted by Crippen LogP contribution is -2.43. The van der Waals surface area contributed by atoms with Gasteiger partial charge in [-0.2, -0.15) is 0 Å². The number of nitrogens with one attached hydrogen (secondary N) is 1. The molecule has 15 heavy (non-hydrogen) atoms. The van der Waals surface area contributed by atoms with E-state index < -0.39 is 0 Å². The SMILES string of the molecule is CC1CCN(C2CCCCC2)CCCN1. The van der Waals surface area contributed by atoms with Gasteiger partial charge in [0.15, 0.2) is 0 Å². The Kier molecular flexibility index (Phi) is 4.45. The van der Waals surface area contributed by atoms with E-state index in [0.29, 0.717) is 0 Å². The normalized spacial score (nSPS) is 32.2. The minimum absolute atomic E-state index is 0.719. The van der Waals surface area contributed by atoms with E-state index in [2.05, 4.69) is 17.1 Å². The summed E-state index contributed by atoms with van der Waals surface area (Å²) in [5, 5.41) is 3.58. The van der Waals surface area contributed by atoms with Crippen LogP contribution >= 0.6 is 0 Å². The van der Waals surface area contributed by atoms with Crippen LogP contribution in [0.5, 0.6) is 0 Å². The van der Waals surface area contributed by atoms with Gasteiger partial charge in [0.05, 0.1) is 0 Å². The zero-order valence-electron chi connectivity index (χ0n) is 10.2. The molecule has 0 spiro atoms. The van der Waals surface area contributed by atoms with Crippen molar-refractivity contribution >= 4 is 0 Å². The number of hydrogen-bond acceptors (Lipinski definition) is 2. The molecule has 1 aliphatic carbocycles. The highest BCUT2D eigenvalue weighted by Crippen LogP contribution is 2.23. The highest BCUT2D eigenvalue weighted by atomic mass is 15.2. The van der Waals surface area contributed by atoms with Crippen molar-refractivity contribution in [3.8, 4) is 0 Å². The van der Waals surface area contributed by atoms with Gasteiger partial charge < -0.3 is 10.2 Å². The number of nitrogens with zero attached hydrogens (tertiary/aromatic N) is 1. The van der Waals surface area contributed by atoms with Crippen LogP contribution in [-0.2, 0) is 0 Å². The smallest absolute Gasteiger partial charge is 0.00952 e. The molecule has 1 unspecified atom stereocenters. The van der Waals surface area contributed by atoms with Crippen LogP contribution in [0.3, 0.4) is 0 Å². The molecule has 0 bridgehead atoms. The van der Waals surface area contributed by atoms with Crippen molar-refractivity contribution in [2.24, 2.45) is 0 Å². The van der Waals surface area contributed by atoms with Crippen molar-refractivity contribution in [2.75, 3.05) is 19.6 Å². The molecule has 1 saturated heterocycles. The Hall–Kier alpha value is -0.0800. The van der Waals surface area contributed by atoms with Gasteiger partial charge in [0, 0.05) is 12.1 Å². The molecule has 2 rings (SSSR count). The molecule has 0 aromatic carbocycles. The zero-order chi connectivity index (χ0) is 10.5. The standard InChI is InChI=1S/C13H26N2/c1-12-8-11-15(10-5-9-14-12)13-6-3-2-4-7-13/h12-14H,2-11H2,1H3. The molecule has 0 radical (unpaired) electrons. The molecule has 1 N–H and O–H groups in total. The maximum Gasteiger partial charge on any atom is 0.00952 e. The average Bonchev–Trinajstić information content (AvgIpc) is 2.25. The Balaban J connectivity index is 1.82. The molecule has 1 aliphatic heterocycles. The van der Waals surface area contributed by atoms with Crippen molar-refractivity contribution in [1.82, 2.24) is 10.2 Å². The molecule has 88 valence electrons. The summed E-state index contributed by atoms with van der Waals surface area (Å²) in [6, 6.07) is 1.64. The largest absolute Gasteiger partial charge is 0.314 e. The Morgan fingerprint density at radius 1 is 0.933 bits per heavy atom. The van der Waals surface area contributed by atoms with E-state index in [9.17, 15) is 0 Å². The Bertz CT molecular complexity index is 175. The summed E-state index contributed by atoms with van der Waals surface area (Å²) in [4.78, 5) is 2.77. The third kappa shape index (κ3) is 3.46. The fraction of sp³-hybridized carbons (Fsp3) is 1.00. The van der Waals surface area contributed by atoms with E-state index in [1.807, 2.05) is 0 Å². The van der Waals surface area contributed by atoms with Gasteiger partial charge in [-0.05, 0) is 52.2 Å². The second-order valence-corrected chi connectivity index (χ2v) is 5.33. The van der Waals surface area contributed by atoms with Gasteiger partial charge in [-0.1, -0.05) is 19.3 Å². The molecule has 0 aromatic heterocycles. The summed E-state index contributed by atoms with van der Waals surface area (Å²) in [7, 11) is 0. The van der Waals surface area contributed by atoms with Crippen molar-refractivity contribution in [3.63, 3.8) is 0 Å². The summed E-state index contributed by atoms with van der Waals surface area (Å²) in [6.07, 6.45) is 9.99. The Morgan fingerprint density at radius 3 is 2.53 bits per heavy atom. The van der Waals surface area contributed by atoms with Crippen LogP contribution in [0.25, 0.3) is 0 Å². The number of hydrogen-bond donors (Lipinski definition) is 1. The van der Waals surface area contributed by atoms with E-state index in [1.54, 1.807) is 0 Å². The lowest BCUT2D eigenvalue weighted by molar-refractivity contribution is 0.139. The van der Waals surface area contributed by atoms with Crippen LogP contribution in [0.1, 0.15) is 51.9 Å². The van der Waals surface area contributed by atoms with Gasteiger partial charge in [0.1, 0.15) is 0 Å². The molecular formula is C13H26N2. The van der Waals surface area contributed by atoms with Gasteiger partial charge in [-0.25, -0.2) is 0 Å². The van der Waals surface area contributed by atoms with Crippen LogP contribution in [0.2, 0.25) is 0 Å².